The Bertz CT molecular complexity index is 599. The molecule has 162 valence electrons. The van der Waals surface area contributed by atoms with Crippen LogP contribution in [0.4, 0.5) is 0 Å². The average Bonchev–Trinajstić information content (AvgIpc) is 2.76. The van der Waals surface area contributed by atoms with E-state index in [2.05, 4.69) is 36.1 Å². The summed E-state index contributed by atoms with van der Waals surface area (Å²) in [6, 6.07) is 8.89. The second-order valence-electron chi connectivity index (χ2n) is 8.76. The van der Waals surface area contributed by atoms with E-state index < -0.39 is 0 Å². The minimum absolute atomic E-state index is 0.0666. The molecule has 0 radical (unpaired) electrons. The van der Waals surface area contributed by atoms with Gasteiger partial charge in [0.15, 0.2) is 0 Å². The topological polar surface area (TPSA) is 38.8 Å². The number of carbonyl (C=O) groups excluding carboxylic acids is 1. The molecule has 0 N–H and O–H groups in total. The van der Waals surface area contributed by atoms with Crippen molar-refractivity contribution in [1.82, 2.24) is 4.90 Å². The maximum Gasteiger partial charge on any atom is 0.305 e. The molecular weight excluding hydrogens is 362 g/mol. The van der Waals surface area contributed by atoms with E-state index in [0.29, 0.717) is 25.0 Å². The van der Waals surface area contributed by atoms with Gasteiger partial charge in [-0.05, 0) is 101 Å². The zero-order valence-corrected chi connectivity index (χ0v) is 18.4. The van der Waals surface area contributed by atoms with Gasteiger partial charge in [-0.3, -0.25) is 4.79 Å². The lowest BCUT2D eigenvalue weighted by Gasteiger charge is -2.32. The number of rotatable bonds is 9. The van der Waals surface area contributed by atoms with Gasteiger partial charge in [-0.25, -0.2) is 0 Å². The first-order valence-corrected chi connectivity index (χ1v) is 11.8. The molecule has 29 heavy (non-hydrogen) atoms. The summed E-state index contributed by atoms with van der Waals surface area (Å²) in [4.78, 5) is 13.9. The van der Waals surface area contributed by atoms with Gasteiger partial charge in [-0.1, -0.05) is 25.5 Å². The summed E-state index contributed by atoms with van der Waals surface area (Å²) >= 11 is 0. The number of benzene rings is 1. The fourth-order valence-corrected chi connectivity index (χ4v) is 4.84. The molecule has 4 nitrogen and oxygen atoms in total. The molecule has 2 fully saturated rings. The van der Waals surface area contributed by atoms with E-state index in [1.807, 2.05) is 6.92 Å². The Morgan fingerprint density at radius 2 is 1.69 bits per heavy atom. The molecule has 1 aromatic carbocycles. The summed E-state index contributed by atoms with van der Waals surface area (Å²) in [5.41, 5.74) is 1.44. The highest BCUT2D eigenvalue weighted by atomic mass is 16.5. The van der Waals surface area contributed by atoms with Crippen molar-refractivity contribution >= 4 is 5.97 Å². The van der Waals surface area contributed by atoms with E-state index in [9.17, 15) is 4.79 Å². The van der Waals surface area contributed by atoms with E-state index in [0.717, 1.165) is 37.7 Å². The quantitative estimate of drug-likeness (QED) is 0.508. The summed E-state index contributed by atoms with van der Waals surface area (Å²) in [5, 5.41) is 0. The monoisotopic (exact) mass is 401 g/mol. The number of esters is 1. The number of hydrogen-bond acceptors (Lipinski definition) is 4. The highest BCUT2D eigenvalue weighted by Crippen LogP contribution is 2.32. The highest BCUT2D eigenvalue weighted by Gasteiger charge is 2.22. The number of nitrogens with zero attached hydrogens (tertiary/aromatic N) is 1. The fourth-order valence-electron chi connectivity index (χ4n) is 4.84. The van der Waals surface area contributed by atoms with Crippen LogP contribution < -0.4 is 4.74 Å². The molecule has 1 aromatic rings. The van der Waals surface area contributed by atoms with Crippen LogP contribution in [-0.4, -0.2) is 43.2 Å². The number of piperidine rings is 1. The van der Waals surface area contributed by atoms with Gasteiger partial charge in [0.25, 0.3) is 0 Å². The maximum absolute atomic E-state index is 11.5. The third-order valence-electron chi connectivity index (χ3n) is 6.77. The minimum atomic E-state index is -0.0666. The minimum Gasteiger partial charge on any atom is -0.490 e. The van der Waals surface area contributed by atoms with Crippen LogP contribution in [0.1, 0.15) is 83.1 Å². The molecule has 0 unspecified atom stereocenters. The maximum atomic E-state index is 11.5. The van der Waals surface area contributed by atoms with Crippen LogP contribution in [0, 0.1) is 5.92 Å². The van der Waals surface area contributed by atoms with Gasteiger partial charge in [0.2, 0.25) is 0 Å². The Morgan fingerprint density at radius 3 is 2.31 bits per heavy atom. The van der Waals surface area contributed by atoms with Gasteiger partial charge in [0.05, 0.1) is 12.7 Å². The van der Waals surface area contributed by atoms with Crippen molar-refractivity contribution in [2.24, 2.45) is 5.92 Å². The zero-order valence-electron chi connectivity index (χ0n) is 18.4. The molecule has 1 saturated heterocycles. The molecule has 0 aromatic heterocycles. The van der Waals surface area contributed by atoms with Crippen LogP contribution in [0.5, 0.6) is 5.75 Å². The SMILES string of the molecule is CCOC(=O)CCCN1CCC(c2ccc(O[C@H]3CC[C@@H](CC)CC3)cc2)CC1. The molecule has 0 atom stereocenters. The molecule has 4 heteroatoms. The van der Waals surface area contributed by atoms with Gasteiger partial charge in [-0.15, -0.1) is 0 Å². The second kappa shape index (κ2) is 11.6. The third-order valence-corrected chi connectivity index (χ3v) is 6.77. The van der Waals surface area contributed by atoms with Gasteiger partial charge in [-0.2, -0.15) is 0 Å². The molecule has 1 saturated carbocycles. The third kappa shape index (κ3) is 7.02. The Balaban J connectivity index is 1.37. The Morgan fingerprint density at radius 1 is 1.00 bits per heavy atom. The fraction of sp³-hybridized carbons (Fsp3) is 0.720. The van der Waals surface area contributed by atoms with Crippen molar-refractivity contribution in [2.75, 3.05) is 26.2 Å². The Kier molecular flexibility index (Phi) is 8.85. The van der Waals surface area contributed by atoms with Gasteiger partial charge < -0.3 is 14.4 Å². The van der Waals surface area contributed by atoms with Crippen LogP contribution in [0.25, 0.3) is 0 Å². The lowest BCUT2D eigenvalue weighted by molar-refractivity contribution is -0.143. The molecular formula is C25H39NO3. The largest absolute Gasteiger partial charge is 0.490 e. The van der Waals surface area contributed by atoms with Crippen LogP contribution in [0.2, 0.25) is 0 Å². The molecule has 1 aliphatic heterocycles. The predicted octanol–water partition coefficient (Wildman–Crippen LogP) is 5.56. The van der Waals surface area contributed by atoms with Gasteiger partial charge in [0.1, 0.15) is 5.75 Å². The number of hydrogen-bond donors (Lipinski definition) is 0. The molecule has 2 aliphatic rings. The predicted molar refractivity (Wildman–Crippen MR) is 117 cm³/mol. The lowest BCUT2D eigenvalue weighted by atomic mass is 9.86. The Hall–Kier alpha value is -1.55. The average molecular weight is 402 g/mol. The first kappa shape index (κ1) is 22.1. The number of carbonyl (C=O) groups is 1. The molecule has 3 rings (SSSR count). The summed E-state index contributed by atoms with van der Waals surface area (Å²) in [6.45, 7) is 7.88. The van der Waals surface area contributed by atoms with Crippen LogP contribution in [0.3, 0.4) is 0 Å². The Labute approximate surface area is 177 Å². The highest BCUT2D eigenvalue weighted by molar-refractivity contribution is 5.69. The number of likely N-dealkylation sites (tertiary alicyclic amines) is 1. The standard InChI is InChI=1S/C25H39NO3/c1-3-20-7-11-23(12-8-20)29-24-13-9-21(10-14-24)22-15-18-26(19-16-22)17-5-6-25(27)28-4-2/h9-10,13-14,20,22-23H,3-8,11-12,15-19H2,1-2H3/t20-,23+. The van der Waals surface area contributed by atoms with Crippen molar-refractivity contribution in [1.29, 1.82) is 0 Å². The summed E-state index contributed by atoms with van der Waals surface area (Å²) in [6.07, 6.45) is 10.6. The van der Waals surface area contributed by atoms with E-state index in [4.69, 9.17) is 9.47 Å². The molecule has 1 aliphatic carbocycles. The molecule has 1 heterocycles. The number of ether oxygens (including phenoxy) is 2. The van der Waals surface area contributed by atoms with Gasteiger partial charge in [0, 0.05) is 6.42 Å². The first-order chi connectivity index (χ1) is 14.2. The first-order valence-electron chi connectivity index (χ1n) is 11.8. The summed E-state index contributed by atoms with van der Waals surface area (Å²) in [7, 11) is 0. The van der Waals surface area contributed by atoms with E-state index in [1.165, 1.54) is 50.5 Å². The second-order valence-corrected chi connectivity index (χ2v) is 8.76. The summed E-state index contributed by atoms with van der Waals surface area (Å²) in [5.74, 6) is 2.52. The van der Waals surface area contributed by atoms with Crippen LogP contribution in [0.15, 0.2) is 24.3 Å². The normalized spacial score (nSPS) is 23.7. The van der Waals surface area contributed by atoms with Crippen molar-refractivity contribution in [2.45, 2.75) is 83.7 Å². The lowest BCUT2D eigenvalue weighted by Crippen LogP contribution is -2.34. The van der Waals surface area contributed by atoms with Crippen LogP contribution in [-0.2, 0) is 9.53 Å². The smallest absolute Gasteiger partial charge is 0.305 e. The van der Waals surface area contributed by atoms with Crippen molar-refractivity contribution in [3.05, 3.63) is 29.8 Å². The van der Waals surface area contributed by atoms with Crippen LogP contribution >= 0.6 is 0 Å². The van der Waals surface area contributed by atoms with Crippen molar-refractivity contribution in [3.63, 3.8) is 0 Å². The van der Waals surface area contributed by atoms with Crippen molar-refractivity contribution in [3.8, 4) is 5.75 Å². The van der Waals surface area contributed by atoms with Crippen molar-refractivity contribution < 1.29 is 14.3 Å². The molecule has 0 bridgehead atoms. The van der Waals surface area contributed by atoms with E-state index in [1.54, 1.807) is 0 Å². The molecule has 0 amide bonds. The van der Waals surface area contributed by atoms with E-state index >= 15 is 0 Å². The molecule has 0 spiro atoms. The zero-order chi connectivity index (χ0) is 20.5. The summed E-state index contributed by atoms with van der Waals surface area (Å²) < 4.78 is 11.2. The van der Waals surface area contributed by atoms with Gasteiger partial charge >= 0.3 is 5.97 Å². The van der Waals surface area contributed by atoms with E-state index in [-0.39, 0.29) is 5.97 Å².